The average Bonchev–Trinajstić information content (AvgIpc) is 3.23. The van der Waals surface area contributed by atoms with Gasteiger partial charge in [0.15, 0.2) is 0 Å². The molecule has 0 atom stereocenters. The minimum Gasteiger partial charge on any atom is -0.480 e. The molecule has 0 aliphatic carbocycles. The molecule has 10 heteroatoms. The Kier molecular flexibility index (Phi) is 7.28. The molecule has 0 aromatic carbocycles. The molecule has 3 aromatic heterocycles. The van der Waals surface area contributed by atoms with Gasteiger partial charge in [-0.25, -0.2) is 15.0 Å². The number of carbonyl (C=O) groups is 1. The minimum atomic E-state index is 0.0188. The van der Waals surface area contributed by atoms with Crippen LogP contribution in [0, 0.1) is 17.8 Å². The molecule has 0 spiro atoms. The summed E-state index contributed by atoms with van der Waals surface area (Å²) in [5, 5.41) is 1.15. The molecule has 5 heterocycles. The van der Waals surface area contributed by atoms with Gasteiger partial charge in [0.1, 0.15) is 28.5 Å². The zero-order chi connectivity index (χ0) is 27.0. The predicted molar refractivity (Wildman–Crippen MR) is 149 cm³/mol. The number of ether oxygens (including phenoxy) is 1. The number of aromatic nitrogens is 4. The average molecular weight is 534 g/mol. The Labute approximate surface area is 227 Å². The van der Waals surface area contributed by atoms with Gasteiger partial charge in [-0.3, -0.25) is 9.69 Å². The number of methoxy groups -OCH3 is 1. The summed E-state index contributed by atoms with van der Waals surface area (Å²) in [5.74, 6) is 7.95. The van der Waals surface area contributed by atoms with E-state index in [9.17, 15) is 4.79 Å². The third kappa shape index (κ3) is 4.70. The van der Waals surface area contributed by atoms with E-state index in [1.54, 1.807) is 6.07 Å². The topological polar surface area (TPSA) is 102 Å². The Morgan fingerprint density at radius 3 is 2.66 bits per heavy atom. The lowest BCUT2D eigenvalue weighted by Gasteiger charge is -2.45. The Hall–Kier alpha value is -3.61. The van der Waals surface area contributed by atoms with Gasteiger partial charge >= 0.3 is 0 Å². The second kappa shape index (κ2) is 10.6. The molecule has 3 aromatic rings. The van der Waals surface area contributed by atoms with Crippen LogP contribution >= 0.6 is 11.6 Å². The summed E-state index contributed by atoms with van der Waals surface area (Å²) < 4.78 is 7.48. The number of halogens is 1. The Morgan fingerprint density at radius 2 is 2.00 bits per heavy atom. The number of hydrogen-bond acceptors (Lipinski definition) is 7. The van der Waals surface area contributed by atoms with E-state index in [-0.39, 0.29) is 17.9 Å². The highest BCUT2D eigenvalue weighted by Crippen LogP contribution is 2.39. The molecule has 0 unspecified atom stereocenters. The number of amides is 1. The van der Waals surface area contributed by atoms with E-state index in [0.717, 1.165) is 61.3 Å². The summed E-state index contributed by atoms with van der Waals surface area (Å²) in [7, 11) is 1.54. The second-order valence-corrected chi connectivity index (χ2v) is 10.4. The second-order valence-electron chi connectivity index (χ2n) is 10.0. The van der Waals surface area contributed by atoms with Crippen molar-refractivity contribution in [2.24, 2.45) is 5.92 Å². The molecule has 2 saturated heterocycles. The number of rotatable bonds is 5. The maximum atomic E-state index is 11.9. The van der Waals surface area contributed by atoms with Crippen LogP contribution in [0.2, 0.25) is 5.02 Å². The van der Waals surface area contributed by atoms with Crippen LogP contribution in [0.15, 0.2) is 31.1 Å². The summed E-state index contributed by atoms with van der Waals surface area (Å²) in [6.07, 6.45) is 4.83. The van der Waals surface area contributed by atoms with E-state index in [1.165, 1.54) is 19.5 Å². The molecule has 2 aliphatic rings. The number of pyridine rings is 1. The number of fused-ring (bicyclic) bond motifs is 1. The number of hydrogen-bond donors (Lipinski definition) is 1. The van der Waals surface area contributed by atoms with Crippen molar-refractivity contribution in [1.29, 1.82) is 0 Å². The molecule has 2 N–H and O–H groups in total. The van der Waals surface area contributed by atoms with Crippen molar-refractivity contribution in [3.8, 4) is 29.0 Å². The third-order valence-corrected chi connectivity index (χ3v) is 7.65. The van der Waals surface area contributed by atoms with E-state index in [2.05, 4.69) is 56.7 Å². The first kappa shape index (κ1) is 26.0. The van der Waals surface area contributed by atoms with Crippen LogP contribution in [0.1, 0.15) is 38.4 Å². The van der Waals surface area contributed by atoms with Crippen molar-refractivity contribution in [3.63, 3.8) is 0 Å². The first-order valence-electron chi connectivity index (χ1n) is 12.8. The SMILES string of the molecule is C=CC(=O)N1CCC(N2CC(C#Cc3c(-c4ccc(Cl)c(OC)n4)c4c(N)ncnc4n3C(C)C)C2)CC1. The monoisotopic (exact) mass is 533 g/mol. The normalized spacial score (nSPS) is 16.8. The molecule has 2 fully saturated rings. The Morgan fingerprint density at radius 1 is 1.26 bits per heavy atom. The van der Waals surface area contributed by atoms with Crippen molar-refractivity contribution in [2.45, 2.75) is 38.8 Å². The fourth-order valence-corrected chi connectivity index (χ4v) is 5.57. The van der Waals surface area contributed by atoms with Gasteiger partial charge in [0.2, 0.25) is 11.8 Å². The van der Waals surface area contributed by atoms with Crippen LogP contribution in [0.4, 0.5) is 5.82 Å². The van der Waals surface area contributed by atoms with E-state index in [1.807, 2.05) is 11.0 Å². The van der Waals surface area contributed by atoms with Gasteiger partial charge in [-0.1, -0.05) is 24.1 Å². The molecule has 5 rings (SSSR count). The molecule has 2 aliphatic heterocycles. The van der Waals surface area contributed by atoms with Gasteiger partial charge in [0, 0.05) is 49.7 Å². The number of anilines is 1. The van der Waals surface area contributed by atoms with Crippen LogP contribution in [-0.4, -0.2) is 74.6 Å². The lowest BCUT2D eigenvalue weighted by Crippen LogP contribution is -2.55. The summed E-state index contributed by atoms with van der Waals surface area (Å²) in [6.45, 7) is 11.2. The van der Waals surface area contributed by atoms with Crippen molar-refractivity contribution in [2.75, 3.05) is 39.0 Å². The number of nitrogen functional groups attached to an aromatic ring is 1. The Bertz CT molecular complexity index is 1440. The first-order chi connectivity index (χ1) is 18.3. The maximum Gasteiger partial charge on any atom is 0.245 e. The van der Waals surface area contributed by atoms with Gasteiger partial charge in [-0.2, -0.15) is 0 Å². The predicted octanol–water partition coefficient (Wildman–Crippen LogP) is 3.78. The van der Waals surface area contributed by atoms with Crippen LogP contribution in [0.3, 0.4) is 0 Å². The quantitative estimate of drug-likeness (QED) is 0.393. The van der Waals surface area contributed by atoms with E-state index >= 15 is 0 Å². The van der Waals surface area contributed by atoms with Gasteiger partial charge in [-0.15, -0.1) is 0 Å². The molecular formula is C28H32ClN7O2. The maximum absolute atomic E-state index is 11.9. The highest BCUT2D eigenvalue weighted by atomic mass is 35.5. The summed E-state index contributed by atoms with van der Waals surface area (Å²) in [6, 6.07) is 4.17. The highest BCUT2D eigenvalue weighted by molar-refractivity contribution is 6.31. The van der Waals surface area contributed by atoms with Gasteiger partial charge in [-0.05, 0) is 50.8 Å². The van der Waals surface area contributed by atoms with Gasteiger partial charge in [0.25, 0.3) is 0 Å². The molecule has 198 valence electrons. The highest BCUT2D eigenvalue weighted by Gasteiger charge is 2.34. The van der Waals surface area contributed by atoms with E-state index < -0.39 is 0 Å². The molecule has 9 nitrogen and oxygen atoms in total. The molecule has 1 amide bonds. The standard InChI is InChI=1S/C28H32ClN7O2/c1-5-23(37)34-12-10-19(11-13-34)35-14-18(15-35)6-9-22-24(21-8-7-20(29)28(33-21)38-4)25-26(30)31-16-32-27(25)36(22)17(2)3/h5,7-8,16-19H,1,10-15H2,2-4H3,(H2,30,31,32). The molecular weight excluding hydrogens is 502 g/mol. The molecule has 0 bridgehead atoms. The third-order valence-electron chi connectivity index (χ3n) is 7.36. The molecule has 0 radical (unpaired) electrons. The number of carbonyl (C=O) groups excluding carboxylic acids is 1. The lowest BCUT2D eigenvalue weighted by atomic mass is 9.93. The summed E-state index contributed by atoms with van der Waals surface area (Å²) >= 11 is 6.27. The number of likely N-dealkylation sites (tertiary alicyclic amines) is 2. The molecule has 0 saturated carbocycles. The smallest absolute Gasteiger partial charge is 0.245 e. The number of piperidine rings is 1. The summed E-state index contributed by atoms with van der Waals surface area (Å²) in [4.78, 5) is 29.7. The fourth-order valence-electron chi connectivity index (χ4n) is 5.39. The lowest BCUT2D eigenvalue weighted by molar-refractivity contribution is -0.127. The zero-order valence-electron chi connectivity index (χ0n) is 21.9. The van der Waals surface area contributed by atoms with Crippen LogP contribution in [-0.2, 0) is 4.79 Å². The first-order valence-corrected chi connectivity index (χ1v) is 13.2. The fraction of sp³-hybridized carbons (Fsp3) is 0.429. The van der Waals surface area contributed by atoms with Crippen molar-refractivity contribution in [3.05, 3.63) is 41.8 Å². The summed E-state index contributed by atoms with van der Waals surface area (Å²) in [5.41, 5.74) is 9.33. The minimum absolute atomic E-state index is 0.0188. The van der Waals surface area contributed by atoms with Gasteiger partial charge < -0.3 is 19.9 Å². The Balaban J connectivity index is 1.45. The van der Waals surface area contributed by atoms with Crippen molar-refractivity contribution in [1.82, 2.24) is 29.3 Å². The van der Waals surface area contributed by atoms with Crippen molar-refractivity contribution >= 4 is 34.4 Å². The van der Waals surface area contributed by atoms with Crippen molar-refractivity contribution < 1.29 is 9.53 Å². The number of nitrogens with zero attached hydrogens (tertiary/aromatic N) is 6. The van der Waals surface area contributed by atoms with Crippen LogP contribution in [0.5, 0.6) is 5.88 Å². The number of nitrogens with two attached hydrogens (primary N) is 1. The van der Waals surface area contributed by atoms with Crippen LogP contribution in [0.25, 0.3) is 22.3 Å². The van der Waals surface area contributed by atoms with E-state index in [4.69, 9.17) is 22.1 Å². The van der Waals surface area contributed by atoms with Gasteiger partial charge in [0.05, 0.1) is 18.2 Å². The van der Waals surface area contributed by atoms with E-state index in [0.29, 0.717) is 28.5 Å². The zero-order valence-corrected chi connectivity index (χ0v) is 22.7. The van der Waals surface area contributed by atoms with Crippen LogP contribution < -0.4 is 10.5 Å². The largest absolute Gasteiger partial charge is 0.480 e. The molecule has 38 heavy (non-hydrogen) atoms.